The van der Waals surface area contributed by atoms with Gasteiger partial charge in [0.1, 0.15) is 5.78 Å². The summed E-state index contributed by atoms with van der Waals surface area (Å²) in [6, 6.07) is 0. The maximum Gasteiger partial charge on any atom is 0.135 e. The number of aryl methyl sites for hydroxylation is 2. The van der Waals surface area contributed by atoms with Crippen molar-refractivity contribution in [2.45, 2.75) is 39.7 Å². The number of hydrogen-bond donors (Lipinski definition) is 0. The van der Waals surface area contributed by atoms with Gasteiger partial charge in [0.05, 0.1) is 18.6 Å². The second-order valence-electron chi connectivity index (χ2n) is 4.11. The highest BCUT2D eigenvalue weighted by atomic mass is 19.1. The van der Waals surface area contributed by atoms with Crippen molar-refractivity contribution in [3.05, 3.63) is 11.9 Å². The Morgan fingerprint density at radius 1 is 1.56 bits per heavy atom. The third kappa shape index (κ3) is 3.72. The van der Waals surface area contributed by atoms with Gasteiger partial charge in [0.2, 0.25) is 0 Å². The van der Waals surface area contributed by atoms with Crippen LogP contribution in [-0.4, -0.2) is 27.5 Å². The van der Waals surface area contributed by atoms with E-state index in [2.05, 4.69) is 10.3 Å². The maximum absolute atomic E-state index is 12.2. The molecule has 0 spiro atoms. The summed E-state index contributed by atoms with van der Waals surface area (Å²) < 4.78 is 13.8. The number of alkyl halides is 1. The van der Waals surface area contributed by atoms with Gasteiger partial charge in [-0.2, -0.15) is 0 Å². The number of nitrogens with zero attached hydrogens (tertiary/aromatic N) is 3. The van der Waals surface area contributed by atoms with Crippen molar-refractivity contribution in [3.63, 3.8) is 0 Å². The van der Waals surface area contributed by atoms with Gasteiger partial charge in [-0.05, 0) is 6.42 Å². The van der Waals surface area contributed by atoms with E-state index in [1.54, 1.807) is 10.9 Å². The van der Waals surface area contributed by atoms with Crippen LogP contribution in [-0.2, 0) is 17.8 Å². The van der Waals surface area contributed by atoms with Crippen LogP contribution in [0.1, 0.15) is 32.4 Å². The van der Waals surface area contributed by atoms with Crippen LogP contribution in [0.15, 0.2) is 6.20 Å². The van der Waals surface area contributed by atoms with E-state index in [-0.39, 0.29) is 11.7 Å². The monoisotopic (exact) mass is 227 g/mol. The fourth-order valence-corrected chi connectivity index (χ4v) is 1.45. The van der Waals surface area contributed by atoms with Crippen molar-refractivity contribution in [3.8, 4) is 0 Å². The molecule has 5 heteroatoms. The molecule has 1 aromatic rings. The van der Waals surface area contributed by atoms with E-state index in [1.165, 1.54) is 0 Å². The molecule has 0 aliphatic carbocycles. The summed E-state index contributed by atoms with van der Waals surface area (Å²) in [5.41, 5.74) is 0.791. The van der Waals surface area contributed by atoms with Gasteiger partial charge in [-0.1, -0.05) is 19.1 Å². The van der Waals surface area contributed by atoms with E-state index in [9.17, 15) is 9.18 Å². The zero-order valence-electron chi connectivity index (χ0n) is 9.82. The number of rotatable bonds is 7. The van der Waals surface area contributed by atoms with Gasteiger partial charge in [-0.3, -0.25) is 9.18 Å². The minimum Gasteiger partial charge on any atom is -0.299 e. The molecule has 1 rings (SSSR count). The number of halogens is 1. The van der Waals surface area contributed by atoms with Crippen molar-refractivity contribution in [2.75, 3.05) is 6.67 Å². The third-order valence-electron chi connectivity index (χ3n) is 2.49. The molecule has 0 aromatic carbocycles. The summed E-state index contributed by atoms with van der Waals surface area (Å²) in [6.45, 7) is 4.02. The lowest BCUT2D eigenvalue weighted by Crippen LogP contribution is -2.11. The number of Topliss-reactive ketones (excluding diaryl/α,β-unsaturated/α-hetero) is 1. The van der Waals surface area contributed by atoms with Crippen LogP contribution in [0.2, 0.25) is 0 Å². The van der Waals surface area contributed by atoms with Crippen LogP contribution in [0.3, 0.4) is 0 Å². The van der Waals surface area contributed by atoms with Crippen molar-refractivity contribution in [1.82, 2.24) is 15.0 Å². The highest BCUT2D eigenvalue weighted by molar-refractivity contribution is 5.80. The highest BCUT2D eigenvalue weighted by Gasteiger charge is 2.08. The van der Waals surface area contributed by atoms with E-state index in [1.807, 2.05) is 13.8 Å². The fraction of sp³-hybridized carbons (Fsp3) is 0.727. The van der Waals surface area contributed by atoms with Crippen LogP contribution in [0.4, 0.5) is 4.39 Å². The largest absolute Gasteiger partial charge is 0.299 e. The number of ketones is 1. The molecule has 1 heterocycles. The molecular weight excluding hydrogens is 209 g/mol. The second-order valence-corrected chi connectivity index (χ2v) is 4.11. The SMILES string of the molecule is CC(C)C(=O)CCCn1nncc1CCF. The molecule has 0 saturated carbocycles. The first-order valence-corrected chi connectivity index (χ1v) is 5.61. The third-order valence-corrected chi connectivity index (χ3v) is 2.49. The minimum atomic E-state index is -0.404. The van der Waals surface area contributed by atoms with Crippen LogP contribution in [0.5, 0.6) is 0 Å². The Kier molecular flexibility index (Phi) is 5.08. The van der Waals surface area contributed by atoms with Crippen LogP contribution < -0.4 is 0 Å². The molecule has 1 aromatic heterocycles. The summed E-state index contributed by atoms with van der Waals surface area (Å²) in [7, 11) is 0. The Bertz CT molecular complexity index is 336. The lowest BCUT2D eigenvalue weighted by molar-refractivity contribution is -0.122. The van der Waals surface area contributed by atoms with E-state index < -0.39 is 6.67 Å². The van der Waals surface area contributed by atoms with Gasteiger partial charge < -0.3 is 0 Å². The second kappa shape index (κ2) is 6.35. The Labute approximate surface area is 94.8 Å². The summed E-state index contributed by atoms with van der Waals surface area (Å²) in [6.07, 6.45) is 3.20. The molecule has 0 atom stereocenters. The highest BCUT2D eigenvalue weighted by Crippen LogP contribution is 2.05. The van der Waals surface area contributed by atoms with E-state index in [0.29, 0.717) is 19.4 Å². The summed E-state index contributed by atoms with van der Waals surface area (Å²) in [5.74, 6) is 0.341. The molecule has 0 aliphatic heterocycles. The zero-order chi connectivity index (χ0) is 12.0. The van der Waals surface area contributed by atoms with Crippen LogP contribution in [0.25, 0.3) is 0 Å². The predicted octanol–water partition coefficient (Wildman–Crippen LogP) is 1.80. The molecule has 16 heavy (non-hydrogen) atoms. The Morgan fingerprint density at radius 2 is 2.31 bits per heavy atom. The Balaban J connectivity index is 2.37. The van der Waals surface area contributed by atoms with Crippen LogP contribution >= 0.6 is 0 Å². The van der Waals surface area contributed by atoms with Crippen molar-refractivity contribution < 1.29 is 9.18 Å². The number of carbonyl (C=O) groups is 1. The van der Waals surface area contributed by atoms with E-state index in [0.717, 1.165) is 12.1 Å². The minimum absolute atomic E-state index is 0.0843. The molecule has 0 radical (unpaired) electrons. The molecule has 0 saturated heterocycles. The molecule has 90 valence electrons. The molecule has 0 bridgehead atoms. The number of hydrogen-bond acceptors (Lipinski definition) is 3. The van der Waals surface area contributed by atoms with E-state index in [4.69, 9.17) is 0 Å². The topological polar surface area (TPSA) is 47.8 Å². The normalized spacial score (nSPS) is 11.0. The van der Waals surface area contributed by atoms with Gasteiger partial charge in [0.15, 0.2) is 0 Å². The lowest BCUT2D eigenvalue weighted by atomic mass is 10.0. The van der Waals surface area contributed by atoms with Crippen molar-refractivity contribution in [2.24, 2.45) is 5.92 Å². The molecular formula is C11H18FN3O. The lowest BCUT2D eigenvalue weighted by Gasteiger charge is -2.05. The van der Waals surface area contributed by atoms with Crippen LogP contribution in [0, 0.1) is 5.92 Å². The molecule has 0 aliphatic rings. The van der Waals surface area contributed by atoms with Gasteiger partial charge in [-0.15, -0.1) is 5.10 Å². The summed E-state index contributed by atoms with van der Waals surface area (Å²) in [4.78, 5) is 11.4. The first-order chi connectivity index (χ1) is 7.65. The van der Waals surface area contributed by atoms with Gasteiger partial charge in [0, 0.05) is 25.3 Å². The zero-order valence-corrected chi connectivity index (χ0v) is 9.82. The Hall–Kier alpha value is -1.26. The maximum atomic E-state index is 12.2. The average molecular weight is 227 g/mol. The van der Waals surface area contributed by atoms with E-state index >= 15 is 0 Å². The van der Waals surface area contributed by atoms with Gasteiger partial charge in [0.25, 0.3) is 0 Å². The molecule has 4 nitrogen and oxygen atoms in total. The summed E-state index contributed by atoms with van der Waals surface area (Å²) in [5, 5.41) is 7.60. The molecule has 0 N–H and O–H groups in total. The summed E-state index contributed by atoms with van der Waals surface area (Å²) >= 11 is 0. The van der Waals surface area contributed by atoms with Crippen molar-refractivity contribution >= 4 is 5.78 Å². The average Bonchev–Trinajstić information content (AvgIpc) is 2.66. The molecule has 0 fully saturated rings. The smallest absolute Gasteiger partial charge is 0.135 e. The predicted molar refractivity (Wildman–Crippen MR) is 58.8 cm³/mol. The fourth-order valence-electron chi connectivity index (χ4n) is 1.45. The molecule has 0 unspecified atom stereocenters. The standard InChI is InChI=1S/C11H18FN3O/c1-9(2)11(16)4-3-7-15-10(5-6-12)8-13-14-15/h8-9H,3-7H2,1-2H3. The van der Waals surface area contributed by atoms with Gasteiger partial charge in [-0.25, -0.2) is 4.68 Å². The first kappa shape index (κ1) is 12.8. The first-order valence-electron chi connectivity index (χ1n) is 5.61. The number of aromatic nitrogens is 3. The quantitative estimate of drug-likeness (QED) is 0.713. The van der Waals surface area contributed by atoms with Crippen molar-refractivity contribution in [1.29, 1.82) is 0 Å². The molecule has 0 amide bonds. The number of carbonyl (C=O) groups excluding carboxylic acids is 1. The Morgan fingerprint density at radius 3 is 2.94 bits per heavy atom. The van der Waals surface area contributed by atoms with Gasteiger partial charge >= 0.3 is 0 Å².